The number of hydrogen-bond donors (Lipinski definition) is 1. The molecule has 0 heterocycles. The van der Waals surface area contributed by atoms with E-state index in [0.717, 1.165) is 12.3 Å². The first kappa shape index (κ1) is 7.07. The lowest BCUT2D eigenvalue weighted by atomic mass is 10.0. The Morgan fingerprint density at radius 1 is 1.67 bits per heavy atom. The van der Waals surface area contributed by atoms with E-state index in [1.807, 2.05) is 0 Å². The SMILES string of the molecule is CC[C@H](N)C1CC1(C)C. The van der Waals surface area contributed by atoms with Crippen molar-refractivity contribution in [2.75, 3.05) is 0 Å². The topological polar surface area (TPSA) is 26.0 Å². The molecule has 0 saturated heterocycles. The third-order valence-corrected chi connectivity index (χ3v) is 2.58. The fraction of sp³-hybridized carbons (Fsp3) is 1.00. The fourth-order valence-corrected chi connectivity index (χ4v) is 1.52. The minimum Gasteiger partial charge on any atom is -0.327 e. The van der Waals surface area contributed by atoms with E-state index in [0.29, 0.717) is 11.5 Å². The Kier molecular flexibility index (Phi) is 1.55. The van der Waals surface area contributed by atoms with E-state index >= 15 is 0 Å². The van der Waals surface area contributed by atoms with Gasteiger partial charge in [-0.25, -0.2) is 0 Å². The van der Waals surface area contributed by atoms with Crippen molar-refractivity contribution in [3.05, 3.63) is 0 Å². The van der Waals surface area contributed by atoms with Crippen LogP contribution in [0, 0.1) is 11.3 Å². The lowest BCUT2D eigenvalue weighted by Gasteiger charge is -2.09. The van der Waals surface area contributed by atoms with Gasteiger partial charge in [0.05, 0.1) is 0 Å². The number of rotatable bonds is 2. The Morgan fingerprint density at radius 2 is 2.11 bits per heavy atom. The summed E-state index contributed by atoms with van der Waals surface area (Å²) in [6.45, 7) is 6.76. The highest BCUT2D eigenvalue weighted by atomic mass is 14.7. The highest BCUT2D eigenvalue weighted by molar-refractivity contribution is 5.00. The average molecular weight is 127 g/mol. The monoisotopic (exact) mass is 127 g/mol. The first-order chi connectivity index (χ1) is 4.08. The van der Waals surface area contributed by atoms with Gasteiger partial charge in [0.2, 0.25) is 0 Å². The molecule has 0 aromatic heterocycles. The van der Waals surface area contributed by atoms with Gasteiger partial charge in [-0.05, 0) is 24.2 Å². The summed E-state index contributed by atoms with van der Waals surface area (Å²) < 4.78 is 0. The van der Waals surface area contributed by atoms with Gasteiger partial charge in [0.25, 0.3) is 0 Å². The summed E-state index contributed by atoms with van der Waals surface area (Å²) in [5.41, 5.74) is 6.42. The molecule has 2 atom stereocenters. The molecule has 1 saturated carbocycles. The Hall–Kier alpha value is -0.0400. The van der Waals surface area contributed by atoms with Crippen molar-refractivity contribution in [2.24, 2.45) is 17.1 Å². The summed E-state index contributed by atoms with van der Waals surface area (Å²) in [4.78, 5) is 0. The second-order valence-corrected chi connectivity index (χ2v) is 3.87. The predicted octanol–water partition coefficient (Wildman–Crippen LogP) is 1.77. The van der Waals surface area contributed by atoms with Crippen LogP contribution in [0.4, 0.5) is 0 Å². The Labute approximate surface area is 57.6 Å². The molecule has 1 unspecified atom stereocenters. The summed E-state index contributed by atoms with van der Waals surface area (Å²) in [6.07, 6.45) is 2.47. The molecule has 9 heavy (non-hydrogen) atoms. The quantitative estimate of drug-likeness (QED) is 0.601. The zero-order valence-electron chi connectivity index (χ0n) is 6.65. The van der Waals surface area contributed by atoms with Crippen LogP contribution in [-0.2, 0) is 0 Å². The maximum atomic E-state index is 5.85. The van der Waals surface area contributed by atoms with Gasteiger partial charge in [0, 0.05) is 6.04 Å². The smallest absolute Gasteiger partial charge is 0.00698 e. The van der Waals surface area contributed by atoms with Crippen LogP contribution in [0.5, 0.6) is 0 Å². The maximum Gasteiger partial charge on any atom is 0.00698 e. The van der Waals surface area contributed by atoms with Crippen LogP contribution in [0.25, 0.3) is 0 Å². The highest BCUT2D eigenvalue weighted by Crippen LogP contribution is 2.53. The number of hydrogen-bond acceptors (Lipinski definition) is 1. The molecule has 1 rings (SSSR count). The predicted molar refractivity (Wildman–Crippen MR) is 40.2 cm³/mol. The fourth-order valence-electron chi connectivity index (χ4n) is 1.52. The van der Waals surface area contributed by atoms with Crippen molar-refractivity contribution in [2.45, 2.75) is 39.7 Å². The van der Waals surface area contributed by atoms with E-state index in [9.17, 15) is 0 Å². The summed E-state index contributed by atoms with van der Waals surface area (Å²) in [6, 6.07) is 0.458. The average Bonchev–Trinajstić information content (AvgIpc) is 2.38. The Bertz CT molecular complexity index is 107. The maximum absolute atomic E-state index is 5.85. The second-order valence-electron chi connectivity index (χ2n) is 3.87. The zero-order valence-corrected chi connectivity index (χ0v) is 6.65. The minimum atomic E-state index is 0.458. The van der Waals surface area contributed by atoms with Crippen LogP contribution >= 0.6 is 0 Å². The summed E-state index contributed by atoms with van der Waals surface area (Å²) >= 11 is 0. The van der Waals surface area contributed by atoms with Crippen molar-refractivity contribution in [1.82, 2.24) is 0 Å². The molecule has 1 aliphatic carbocycles. The van der Waals surface area contributed by atoms with Gasteiger partial charge in [-0.15, -0.1) is 0 Å². The van der Waals surface area contributed by atoms with E-state index in [2.05, 4.69) is 20.8 Å². The third-order valence-electron chi connectivity index (χ3n) is 2.58. The van der Waals surface area contributed by atoms with Crippen LogP contribution in [0.3, 0.4) is 0 Å². The highest BCUT2D eigenvalue weighted by Gasteiger charge is 2.48. The first-order valence-electron chi connectivity index (χ1n) is 3.83. The lowest BCUT2D eigenvalue weighted by Crippen LogP contribution is -2.23. The molecule has 1 heteroatoms. The summed E-state index contributed by atoms with van der Waals surface area (Å²) in [7, 11) is 0. The lowest BCUT2D eigenvalue weighted by molar-refractivity contribution is 0.469. The van der Waals surface area contributed by atoms with Crippen molar-refractivity contribution >= 4 is 0 Å². The van der Waals surface area contributed by atoms with E-state index in [4.69, 9.17) is 5.73 Å². The normalized spacial score (nSPS) is 34.0. The third kappa shape index (κ3) is 1.26. The van der Waals surface area contributed by atoms with Gasteiger partial charge in [0.15, 0.2) is 0 Å². The molecule has 0 aromatic carbocycles. The molecular weight excluding hydrogens is 110 g/mol. The summed E-state index contributed by atoms with van der Waals surface area (Å²) in [5.74, 6) is 0.808. The summed E-state index contributed by atoms with van der Waals surface area (Å²) in [5, 5.41) is 0. The van der Waals surface area contributed by atoms with Gasteiger partial charge in [0.1, 0.15) is 0 Å². The zero-order chi connectivity index (χ0) is 7.07. The standard InChI is InChI=1S/C8H17N/c1-4-7(9)6-5-8(6,2)3/h6-7H,4-5,9H2,1-3H3/t6?,7-/m0/s1. The van der Waals surface area contributed by atoms with Crippen LogP contribution in [0.1, 0.15) is 33.6 Å². The molecule has 0 radical (unpaired) electrons. The molecule has 0 aliphatic heterocycles. The molecule has 0 aromatic rings. The molecule has 1 aliphatic rings. The van der Waals surface area contributed by atoms with Crippen LogP contribution in [-0.4, -0.2) is 6.04 Å². The van der Waals surface area contributed by atoms with E-state index < -0.39 is 0 Å². The molecule has 54 valence electrons. The van der Waals surface area contributed by atoms with Crippen molar-refractivity contribution in [3.63, 3.8) is 0 Å². The Morgan fingerprint density at radius 3 is 2.22 bits per heavy atom. The first-order valence-corrected chi connectivity index (χ1v) is 3.83. The molecule has 0 amide bonds. The van der Waals surface area contributed by atoms with Gasteiger partial charge in [-0.3, -0.25) is 0 Å². The molecular formula is C8H17N. The van der Waals surface area contributed by atoms with Gasteiger partial charge >= 0.3 is 0 Å². The van der Waals surface area contributed by atoms with Crippen molar-refractivity contribution in [3.8, 4) is 0 Å². The largest absolute Gasteiger partial charge is 0.327 e. The van der Waals surface area contributed by atoms with Crippen LogP contribution < -0.4 is 5.73 Å². The van der Waals surface area contributed by atoms with Crippen LogP contribution in [0.15, 0.2) is 0 Å². The van der Waals surface area contributed by atoms with Gasteiger partial charge in [-0.2, -0.15) is 0 Å². The second kappa shape index (κ2) is 1.98. The van der Waals surface area contributed by atoms with Gasteiger partial charge < -0.3 is 5.73 Å². The van der Waals surface area contributed by atoms with Crippen LogP contribution in [0.2, 0.25) is 0 Å². The van der Waals surface area contributed by atoms with Crippen molar-refractivity contribution < 1.29 is 0 Å². The molecule has 0 bridgehead atoms. The van der Waals surface area contributed by atoms with E-state index in [1.54, 1.807) is 0 Å². The molecule has 0 spiro atoms. The van der Waals surface area contributed by atoms with Crippen molar-refractivity contribution in [1.29, 1.82) is 0 Å². The van der Waals surface area contributed by atoms with E-state index in [-0.39, 0.29) is 0 Å². The molecule has 2 N–H and O–H groups in total. The minimum absolute atomic E-state index is 0.458. The molecule has 1 nitrogen and oxygen atoms in total. The van der Waals surface area contributed by atoms with E-state index in [1.165, 1.54) is 6.42 Å². The number of nitrogens with two attached hydrogens (primary N) is 1. The van der Waals surface area contributed by atoms with Gasteiger partial charge in [-0.1, -0.05) is 20.8 Å². The Balaban J connectivity index is 2.33. The molecule has 1 fully saturated rings.